The number of carbonyl (C=O) groups excluding carboxylic acids is 1. The van der Waals surface area contributed by atoms with Crippen molar-refractivity contribution in [3.63, 3.8) is 0 Å². The average Bonchev–Trinajstić information content (AvgIpc) is 3.46. The van der Waals surface area contributed by atoms with Gasteiger partial charge in [-0.15, -0.1) is 0 Å². The lowest BCUT2D eigenvalue weighted by molar-refractivity contribution is 0.101. The van der Waals surface area contributed by atoms with Crippen molar-refractivity contribution in [1.82, 2.24) is 19.1 Å². The minimum absolute atomic E-state index is 0.286. The summed E-state index contributed by atoms with van der Waals surface area (Å²) < 4.78 is 17.8. The second-order valence-corrected chi connectivity index (χ2v) is 8.69. The molecule has 0 atom stereocenters. The number of anilines is 1. The Morgan fingerprint density at radius 1 is 1.15 bits per heavy atom. The van der Waals surface area contributed by atoms with Crippen molar-refractivity contribution in [2.45, 2.75) is 25.9 Å². The highest BCUT2D eigenvalue weighted by Crippen LogP contribution is 2.27. The minimum Gasteiger partial charge on any atom is -0.332 e. The van der Waals surface area contributed by atoms with Crippen LogP contribution in [0.1, 0.15) is 28.3 Å². The molecule has 0 spiro atoms. The molecule has 0 bridgehead atoms. The Hall–Kier alpha value is -3.71. The van der Waals surface area contributed by atoms with E-state index in [1.165, 1.54) is 12.1 Å². The van der Waals surface area contributed by atoms with E-state index in [0.29, 0.717) is 22.9 Å². The second-order valence-electron chi connectivity index (χ2n) is 8.25. The summed E-state index contributed by atoms with van der Waals surface area (Å²) in [5.41, 5.74) is 4.23. The van der Waals surface area contributed by atoms with Crippen LogP contribution in [-0.2, 0) is 19.5 Å². The molecule has 6 nitrogen and oxygen atoms in total. The molecule has 6 rings (SSSR count). The second kappa shape index (κ2) is 7.71. The maximum Gasteiger partial charge on any atom is 0.272 e. The molecule has 2 aromatic carbocycles. The number of carbonyl (C=O) groups is 1. The van der Waals surface area contributed by atoms with Crippen LogP contribution in [0.2, 0.25) is 5.02 Å². The Morgan fingerprint density at radius 2 is 2.06 bits per heavy atom. The third kappa shape index (κ3) is 3.54. The number of aromatic nitrogens is 4. The molecule has 8 heteroatoms. The van der Waals surface area contributed by atoms with Gasteiger partial charge in [0.15, 0.2) is 5.65 Å². The standard InChI is InChI=1S/C25H19ClFN5O/c26-17-6-7-21-16(10-17)11-22(32(21)14-15-3-1-4-18(27)9-15)25(33)29-19-12-20-24(28-13-19)31-8-2-5-23(31)30-20/h1,3-4,6-7,9-13H,2,5,8,14H2,(H,29,33). The molecule has 0 aliphatic carbocycles. The highest BCUT2D eigenvalue weighted by Gasteiger charge is 2.20. The molecule has 0 saturated carbocycles. The van der Waals surface area contributed by atoms with Gasteiger partial charge in [-0.05, 0) is 54.4 Å². The van der Waals surface area contributed by atoms with Gasteiger partial charge in [0.05, 0.1) is 11.9 Å². The number of fused-ring (bicyclic) bond motifs is 4. The van der Waals surface area contributed by atoms with E-state index in [9.17, 15) is 9.18 Å². The maximum absolute atomic E-state index is 13.8. The SMILES string of the molecule is O=C(Nc1cnc2c(c1)nc1n2CCC1)c1cc2cc(Cl)ccc2n1Cc1cccc(F)c1. The molecule has 0 fully saturated rings. The molecule has 1 aliphatic heterocycles. The number of nitrogens with zero attached hydrogens (tertiary/aromatic N) is 4. The first-order chi connectivity index (χ1) is 16.0. The van der Waals surface area contributed by atoms with Gasteiger partial charge in [0, 0.05) is 35.4 Å². The van der Waals surface area contributed by atoms with E-state index in [2.05, 4.69) is 19.9 Å². The smallest absolute Gasteiger partial charge is 0.272 e. The third-order valence-corrected chi connectivity index (χ3v) is 6.26. The fourth-order valence-corrected chi connectivity index (χ4v) is 4.74. The molecule has 1 N–H and O–H groups in total. The lowest BCUT2D eigenvalue weighted by atomic mass is 10.2. The molecule has 1 aliphatic rings. The summed E-state index contributed by atoms with van der Waals surface area (Å²) in [6, 6.07) is 15.5. The summed E-state index contributed by atoms with van der Waals surface area (Å²) in [4.78, 5) is 22.5. The molecule has 3 aromatic heterocycles. The van der Waals surface area contributed by atoms with Crippen LogP contribution in [0.4, 0.5) is 10.1 Å². The zero-order chi connectivity index (χ0) is 22.5. The van der Waals surface area contributed by atoms with Gasteiger partial charge in [0.1, 0.15) is 22.9 Å². The Labute approximate surface area is 193 Å². The number of imidazole rings is 1. The van der Waals surface area contributed by atoms with Crippen LogP contribution in [-0.4, -0.2) is 25.0 Å². The van der Waals surface area contributed by atoms with Crippen LogP contribution >= 0.6 is 11.6 Å². The molecule has 164 valence electrons. The van der Waals surface area contributed by atoms with Crippen LogP contribution in [0.5, 0.6) is 0 Å². The predicted octanol–water partition coefficient (Wildman–Crippen LogP) is 5.43. The van der Waals surface area contributed by atoms with E-state index in [1.807, 2.05) is 28.8 Å². The maximum atomic E-state index is 13.8. The van der Waals surface area contributed by atoms with Gasteiger partial charge < -0.3 is 14.5 Å². The molecule has 4 heterocycles. The van der Waals surface area contributed by atoms with Crippen molar-refractivity contribution < 1.29 is 9.18 Å². The number of pyridine rings is 1. The van der Waals surface area contributed by atoms with Crippen LogP contribution in [0.3, 0.4) is 0 Å². The molecule has 0 saturated heterocycles. The summed E-state index contributed by atoms with van der Waals surface area (Å²) in [7, 11) is 0. The lowest BCUT2D eigenvalue weighted by Gasteiger charge is -2.12. The van der Waals surface area contributed by atoms with E-state index in [4.69, 9.17) is 11.6 Å². The van der Waals surface area contributed by atoms with Crippen molar-refractivity contribution in [3.8, 4) is 0 Å². The summed E-state index contributed by atoms with van der Waals surface area (Å²) in [6.07, 6.45) is 3.68. The molecule has 0 unspecified atom stereocenters. The predicted molar refractivity (Wildman–Crippen MR) is 126 cm³/mol. The first-order valence-corrected chi connectivity index (χ1v) is 11.1. The number of hydrogen-bond acceptors (Lipinski definition) is 3. The zero-order valence-corrected chi connectivity index (χ0v) is 18.3. The molecule has 0 radical (unpaired) electrons. The number of nitrogens with one attached hydrogen (secondary N) is 1. The molecule has 33 heavy (non-hydrogen) atoms. The fourth-order valence-electron chi connectivity index (χ4n) is 4.56. The van der Waals surface area contributed by atoms with Gasteiger partial charge in [-0.25, -0.2) is 14.4 Å². The van der Waals surface area contributed by atoms with Crippen LogP contribution in [0.15, 0.2) is 60.8 Å². The van der Waals surface area contributed by atoms with Gasteiger partial charge in [0.2, 0.25) is 0 Å². The Bertz CT molecular complexity index is 1550. The van der Waals surface area contributed by atoms with E-state index < -0.39 is 0 Å². The molecule has 5 aromatic rings. The largest absolute Gasteiger partial charge is 0.332 e. The fraction of sp³-hybridized carbons (Fsp3) is 0.160. The highest BCUT2D eigenvalue weighted by atomic mass is 35.5. The van der Waals surface area contributed by atoms with E-state index in [1.54, 1.807) is 24.4 Å². The number of hydrogen-bond donors (Lipinski definition) is 1. The number of aryl methyl sites for hydroxylation is 2. The van der Waals surface area contributed by atoms with Crippen LogP contribution in [0.25, 0.3) is 22.1 Å². The first kappa shape index (κ1) is 19.9. The monoisotopic (exact) mass is 459 g/mol. The summed E-state index contributed by atoms with van der Waals surface area (Å²) in [6.45, 7) is 1.27. The Balaban J connectivity index is 1.37. The lowest BCUT2D eigenvalue weighted by Crippen LogP contribution is -2.17. The normalized spacial score (nSPS) is 13.0. The Morgan fingerprint density at radius 3 is 2.94 bits per heavy atom. The van der Waals surface area contributed by atoms with E-state index in [-0.39, 0.29) is 11.7 Å². The number of rotatable bonds is 4. The van der Waals surface area contributed by atoms with Gasteiger partial charge in [-0.3, -0.25) is 4.79 Å². The van der Waals surface area contributed by atoms with Gasteiger partial charge in [-0.1, -0.05) is 23.7 Å². The van der Waals surface area contributed by atoms with Gasteiger partial charge in [-0.2, -0.15) is 0 Å². The number of halogens is 2. The topological polar surface area (TPSA) is 64.7 Å². The van der Waals surface area contributed by atoms with Crippen molar-refractivity contribution in [2.75, 3.05) is 5.32 Å². The first-order valence-electron chi connectivity index (χ1n) is 10.7. The quantitative estimate of drug-likeness (QED) is 0.390. The Kier molecular flexibility index (Phi) is 4.66. The third-order valence-electron chi connectivity index (χ3n) is 6.03. The average molecular weight is 460 g/mol. The van der Waals surface area contributed by atoms with Crippen molar-refractivity contribution in [2.24, 2.45) is 0 Å². The van der Waals surface area contributed by atoms with Gasteiger partial charge in [0.25, 0.3) is 5.91 Å². The number of benzene rings is 2. The summed E-state index contributed by atoms with van der Waals surface area (Å²) >= 11 is 6.18. The number of amides is 1. The van der Waals surface area contributed by atoms with Crippen molar-refractivity contribution in [1.29, 1.82) is 0 Å². The van der Waals surface area contributed by atoms with Crippen LogP contribution < -0.4 is 5.32 Å². The van der Waals surface area contributed by atoms with E-state index >= 15 is 0 Å². The molecular formula is C25H19ClFN5O. The van der Waals surface area contributed by atoms with Crippen LogP contribution in [0, 0.1) is 5.82 Å². The van der Waals surface area contributed by atoms with E-state index in [0.717, 1.165) is 52.8 Å². The minimum atomic E-state index is -0.315. The van der Waals surface area contributed by atoms with Gasteiger partial charge >= 0.3 is 0 Å². The van der Waals surface area contributed by atoms with Crippen molar-refractivity contribution >= 4 is 45.3 Å². The summed E-state index contributed by atoms with van der Waals surface area (Å²) in [5, 5.41) is 4.37. The summed E-state index contributed by atoms with van der Waals surface area (Å²) in [5.74, 6) is 0.434. The highest BCUT2D eigenvalue weighted by molar-refractivity contribution is 6.31. The molecule has 1 amide bonds. The zero-order valence-electron chi connectivity index (χ0n) is 17.6. The van der Waals surface area contributed by atoms with Crippen molar-refractivity contribution in [3.05, 3.63) is 88.7 Å². The molecular weight excluding hydrogens is 441 g/mol.